The van der Waals surface area contributed by atoms with Crippen molar-refractivity contribution in [1.29, 1.82) is 0 Å². The van der Waals surface area contributed by atoms with E-state index in [2.05, 4.69) is 45.5 Å². The lowest BCUT2D eigenvalue weighted by molar-refractivity contribution is -0.122. The Morgan fingerprint density at radius 2 is 2.13 bits per heavy atom. The molecule has 0 saturated carbocycles. The first-order valence-electron chi connectivity index (χ1n) is 11.2. The summed E-state index contributed by atoms with van der Waals surface area (Å²) in [5, 5.41) is 6.72. The molecule has 2 rings (SSSR count). The van der Waals surface area contributed by atoms with Crippen molar-refractivity contribution in [3.05, 3.63) is 23.9 Å². The number of nitrogens with one attached hydrogen (secondary N) is 2. The van der Waals surface area contributed by atoms with E-state index in [0.29, 0.717) is 6.54 Å². The molecular formula is C22H39N7O2. The first-order valence-corrected chi connectivity index (χ1v) is 11.2. The molecule has 1 saturated heterocycles. The number of carbonyl (C=O) groups excluding carboxylic acids is 1. The summed E-state index contributed by atoms with van der Waals surface area (Å²) in [4.78, 5) is 25.3. The van der Waals surface area contributed by atoms with Crippen molar-refractivity contribution in [1.82, 2.24) is 20.5 Å². The minimum atomic E-state index is -0.198. The monoisotopic (exact) mass is 433 g/mol. The van der Waals surface area contributed by atoms with E-state index >= 15 is 0 Å². The molecule has 0 radical (unpaired) electrons. The third-order valence-electron chi connectivity index (χ3n) is 5.49. The lowest BCUT2D eigenvalue weighted by atomic mass is 9.96. The maximum Gasteiger partial charge on any atom is 0.220 e. The van der Waals surface area contributed by atoms with Crippen LogP contribution >= 0.6 is 0 Å². The molecule has 9 heteroatoms. The molecule has 4 N–H and O–H groups in total. The van der Waals surface area contributed by atoms with Crippen LogP contribution in [0.3, 0.4) is 0 Å². The number of aliphatic imine (C=N–C) groups is 1. The number of aromatic nitrogens is 1. The molecule has 31 heavy (non-hydrogen) atoms. The fraction of sp³-hybridized carbons (Fsp3) is 0.682. The molecule has 9 nitrogen and oxygen atoms in total. The Hall–Kier alpha value is -2.39. The average molecular weight is 434 g/mol. The van der Waals surface area contributed by atoms with E-state index in [-0.39, 0.29) is 11.8 Å². The van der Waals surface area contributed by atoms with Gasteiger partial charge < -0.3 is 30.9 Å². The van der Waals surface area contributed by atoms with Crippen LogP contribution < -0.4 is 21.3 Å². The van der Waals surface area contributed by atoms with Crippen molar-refractivity contribution in [3.8, 4) is 0 Å². The fourth-order valence-corrected chi connectivity index (χ4v) is 3.68. The van der Waals surface area contributed by atoms with Gasteiger partial charge in [0, 0.05) is 70.7 Å². The second-order valence-electron chi connectivity index (χ2n) is 7.92. The van der Waals surface area contributed by atoms with E-state index in [1.165, 1.54) is 0 Å². The van der Waals surface area contributed by atoms with Crippen LogP contribution in [0, 0.1) is 5.92 Å². The van der Waals surface area contributed by atoms with Crippen molar-refractivity contribution in [3.63, 3.8) is 0 Å². The van der Waals surface area contributed by atoms with Gasteiger partial charge in [-0.05, 0) is 39.3 Å². The highest BCUT2D eigenvalue weighted by Crippen LogP contribution is 2.24. The topological polar surface area (TPSA) is 108 Å². The number of anilines is 1. The summed E-state index contributed by atoms with van der Waals surface area (Å²) < 4.78 is 5.11. The molecule has 0 atom stereocenters. The van der Waals surface area contributed by atoms with Crippen LogP contribution in [-0.2, 0) is 16.1 Å². The zero-order valence-corrected chi connectivity index (χ0v) is 19.3. The van der Waals surface area contributed by atoms with Crippen LogP contribution in [0.15, 0.2) is 23.3 Å². The second-order valence-corrected chi connectivity index (χ2v) is 7.92. The van der Waals surface area contributed by atoms with Crippen LogP contribution in [0.2, 0.25) is 0 Å². The summed E-state index contributed by atoms with van der Waals surface area (Å²) in [6.45, 7) is 8.52. The Kier molecular flexibility index (Phi) is 11.1. The van der Waals surface area contributed by atoms with Crippen LogP contribution in [-0.4, -0.2) is 81.8 Å². The Labute approximate surface area is 186 Å². The van der Waals surface area contributed by atoms with E-state index in [1.54, 1.807) is 7.11 Å². The van der Waals surface area contributed by atoms with Gasteiger partial charge in [-0.3, -0.25) is 4.79 Å². The third-order valence-corrected chi connectivity index (χ3v) is 5.49. The molecule has 1 amide bonds. The summed E-state index contributed by atoms with van der Waals surface area (Å²) in [5.74, 6) is 1.52. The summed E-state index contributed by atoms with van der Waals surface area (Å²) in [5.41, 5.74) is 6.54. The molecule has 0 aliphatic carbocycles. The summed E-state index contributed by atoms with van der Waals surface area (Å²) in [6, 6.07) is 4.01. The number of ether oxygens (including phenoxy) is 1. The molecule has 1 aromatic heterocycles. The number of piperidine rings is 1. The van der Waals surface area contributed by atoms with Gasteiger partial charge in [-0.2, -0.15) is 0 Å². The molecule has 1 aliphatic rings. The molecule has 1 aromatic rings. The minimum Gasteiger partial charge on any atom is -0.385 e. The summed E-state index contributed by atoms with van der Waals surface area (Å²) in [6.07, 6.45) is 4.39. The van der Waals surface area contributed by atoms with Gasteiger partial charge in [-0.25, -0.2) is 9.98 Å². The first kappa shape index (κ1) is 24.9. The number of nitrogens with zero attached hydrogens (tertiary/aromatic N) is 4. The standard InChI is InChI=1S/C22H39N7O2/c1-4-24-22(26-11-15-28(2)12-6-16-31-3)27-17-19-7-5-10-25-21(19)29-13-8-18(9-14-29)20(23)30/h5,7,10,18H,4,6,8-9,11-17H2,1-3H3,(H2,23,30)(H2,24,26,27). The molecule has 0 spiro atoms. The predicted molar refractivity (Wildman–Crippen MR) is 125 cm³/mol. The minimum absolute atomic E-state index is 0.0291. The normalized spacial score (nSPS) is 15.4. The quantitative estimate of drug-likeness (QED) is 0.254. The second kappa shape index (κ2) is 13.8. The maximum atomic E-state index is 11.4. The van der Waals surface area contributed by atoms with E-state index in [0.717, 1.165) is 82.5 Å². The largest absolute Gasteiger partial charge is 0.385 e. The molecule has 0 bridgehead atoms. The Balaban J connectivity index is 1.91. The van der Waals surface area contributed by atoms with Gasteiger partial charge in [-0.15, -0.1) is 0 Å². The summed E-state index contributed by atoms with van der Waals surface area (Å²) in [7, 11) is 3.85. The zero-order valence-electron chi connectivity index (χ0n) is 19.3. The first-order chi connectivity index (χ1) is 15.0. The number of methoxy groups -OCH3 is 1. The number of pyridine rings is 1. The molecule has 1 fully saturated rings. The number of guanidine groups is 1. The number of likely N-dealkylation sites (N-methyl/N-ethyl adjacent to an activating group) is 1. The van der Waals surface area contributed by atoms with Crippen LogP contribution in [0.5, 0.6) is 0 Å². The number of amides is 1. The molecule has 1 aliphatic heterocycles. The lowest BCUT2D eigenvalue weighted by Gasteiger charge is -2.32. The van der Waals surface area contributed by atoms with Crippen molar-refractivity contribution >= 4 is 17.7 Å². The number of hydrogen-bond acceptors (Lipinski definition) is 6. The van der Waals surface area contributed by atoms with Gasteiger partial charge in [0.05, 0.1) is 6.54 Å². The molecular weight excluding hydrogens is 394 g/mol. The van der Waals surface area contributed by atoms with Gasteiger partial charge in [0.1, 0.15) is 5.82 Å². The van der Waals surface area contributed by atoms with Gasteiger partial charge in [0.15, 0.2) is 5.96 Å². The van der Waals surface area contributed by atoms with Gasteiger partial charge >= 0.3 is 0 Å². The molecule has 0 aromatic carbocycles. The summed E-state index contributed by atoms with van der Waals surface area (Å²) >= 11 is 0. The SMILES string of the molecule is CCNC(=NCc1cccnc1N1CCC(C(N)=O)CC1)NCCN(C)CCCOC. The average Bonchev–Trinajstić information content (AvgIpc) is 2.78. The van der Waals surface area contributed by atoms with E-state index in [9.17, 15) is 4.79 Å². The van der Waals surface area contributed by atoms with Gasteiger partial charge in [0.2, 0.25) is 5.91 Å². The molecule has 174 valence electrons. The Morgan fingerprint density at radius 3 is 2.81 bits per heavy atom. The van der Waals surface area contributed by atoms with Crippen molar-refractivity contribution in [2.75, 3.05) is 64.9 Å². The predicted octanol–water partition coefficient (Wildman–Crippen LogP) is 0.807. The van der Waals surface area contributed by atoms with Crippen LogP contribution in [0.4, 0.5) is 5.82 Å². The van der Waals surface area contributed by atoms with Gasteiger partial charge in [-0.1, -0.05) is 6.07 Å². The number of carbonyl (C=O) groups is 1. The number of primary amides is 1. The Bertz CT molecular complexity index is 690. The van der Waals surface area contributed by atoms with Crippen LogP contribution in [0.1, 0.15) is 31.7 Å². The molecule has 2 heterocycles. The fourth-order valence-electron chi connectivity index (χ4n) is 3.68. The lowest BCUT2D eigenvalue weighted by Crippen LogP contribution is -2.41. The van der Waals surface area contributed by atoms with Gasteiger partial charge in [0.25, 0.3) is 0 Å². The van der Waals surface area contributed by atoms with E-state index in [4.69, 9.17) is 15.5 Å². The van der Waals surface area contributed by atoms with E-state index in [1.807, 2.05) is 12.3 Å². The number of hydrogen-bond donors (Lipinski definition) is 3. The van der Waals surface area contributed by atoms with Crippen molar-refractivity contribution in [2.24, 2.45) is 16.6 Å². The zero-order chi connectivity index (χ0) is 22.5. The number of rotatable bonds is 12. The highest BCUT2D eigenvalue weighted by Gasteiger charge is 2.24. The Morgan fingerprint density at radius 1 is 1.35 bits per heavy atom. The number of nitrogens with two attached hydrogens (primary N) is 1. The molecule has 0 unspecified atom stereocenters. The highest BCUT2D eigenvalue weighted by atomic mass is 16.5. The highest BCUT2D eigenvalue weighted by molar-refractivity contribution is 5.79. The van der Waals surface area contributed by atoms with Crippen molar-refractivity contribution in [2.45, 2.75) is 32.7 Å². The van der Waals surface area contributed by atoms with Crippen LogP contribution in [0.25, 0.3) is 0 Å². The third kappa shape index (κ3) is 8.70. The van der Waals surface area contributed by atoms with Crippen molar-refractivity contribution < 1.29 is 9.53 Å². The smallest absolute Gasteiger partial charge is 0.220 e. The maximum absolute atomic E-state index is 11.4. The van der Waals surface area contributed by atoms with E-state index < -0.39 is 0 Å².